The number of anilines is 1. The minimum absolute atomic E-state index is 0.635. The van der Waals surface area contributed by atoms with Gasteiger partial charge in [0.2, 0.25) is 0 Å². The number of aromatic nitrogens is 2. The monoisotopic (exact) mass is 295 g/mol. The number of nitrogen functional groups attached to an aromatic ring is 1. The van der Waals surface area contributed by atoms with Crippen LogP contribution in [0.15, 0.2) is 34.9 Å². The number of nitrogens with zero attached hydrogens (tertiary/aromatic N) is 2. The predicted molar refractivity (Wildman–Crippen MR) is 70.6 cm³/mol. The van der Waals surface area contributed by atoms with Crippen LogP contribution in [-0.4, -0.2) is 16.9 Å². The summed E-state index contributed by atoms with van der Waals surface area (Å²) in [5.74, 6) is 0.644. The van der Waals surface area contributed by atoms with Crippen LogP contribution in [0.2, 0.25) is 0 Å². The molecule has 0 saturated heterocycles. The number of methoxy groups -OCH3 is 1. The molecule has 0 spiro atoms. The third-order valence-corrected chi connectivity index (χ3v) is 3.11. The highest BCUT2D eigenvalue weighted by atomic mass is 79.9. The highest BCUT2D eigenvalue weighted by Gasteiger charge is 2.04. The fourth-order valence-electron chi connectivity index (χ4n) is 1.58. The summed E-state index contributed by atoms with van der Waals surface area (Å²) in [6, 6.07) is 8.22. The molecule has 0 fully saturated rings. The van der Waals surface area contributed by atoms with Gasteiger partial charge in [0, 0.05) is 7.11 Å². The van der Waals surface area contributed by atoms with Crippen LogP contribution in [-0.2, 0) is 17.9 Å². The summed E-state index contributed by atoms with van der Waals surface area (Å²) >= 11 is 3.34. The van der Waals surface area contributed by atoms with Gasteiger partial charge in [0.25, 0.3) is 0 Å². The SMILES string of the molecule is COCc1ccc(Cn2ncc(Br)c2N)cc1. The van der Waals surface area contributed by atoms with E-state index in [0.29, 0.717) is 19.0 Å². The second-order valence-electron chi connectivity index (χ2n) is 3.78. The number of hydrogen-bond acceptors (Lipinski definition) is 3. The first-order valence-electron chi connectivity index (χ1n) is 5.24. The van der Waals surface area contributed by atoms with E-state index in [0.717, 1.165) is 15.6 Å². The van der Waals surface area contributed by atoms with Crippen molar-refractivity contribution in [2.45, 2.75) is 13.2 Å². The molecule has 0 bridgehead atoms. The largest absolute Gasteiger partial charge is 0.383 e. The van der Waals surface area contributed by atoms with E-state index < -0.39 is 0 Å². The third kappa shape index (κ3) is 2.87. The number of halogens is 1. The molecule has 0 aliphatic carbocycles. The second-order valence-corrected chi connectivity index (χ2v) is 4.64. The van der Waals surface area contributed by atoms with Crippen LogP contribution in [0.5, 0.6) is 0 Å². The van der Waals surface area contributed by atoms with E-state index in [1.807, 2.05) is 12.1 Å². The highest BCUT2D eigenvalue weighted by molar-refractivity contribution is 9.10. The van der Waals surface area contributed by atoms with Crippen molar-refractivity contribution >= 4 is 21.7 Å². The summed E-state index contributed by atoms with van der Waals surface area (Å²) in [5, 5.41) is 4.19. The van der Waals surface area contributed by atoms with Gasteiger partial charge in [0.1, 0.15) is 5.82 Å². The summed E-state index contributed by atoms with van der Waals surface area (Å²) in [7, 11) is 1.69. The third-order valence-electron chi connectivity index (χ3n) is 2.50. The number of nitrogens with two attached hydrogens (primary N) is 1. The van der Waals surface area contributed by atoms with Gasteiger partial charge in [0.15, 0.2) is 0 Å². The molecule has 1 aromatic carbocycles. The summed E-state index contributed by atoms with van der Waals surface area (Å²) < 4.78 is 7.65. The van der Waals surface area contributed by atoms with E-state index in [1.165, 1.54) is 0 Å². The van der Waals surface area contributed by atoms with Crippen molar-refractivity contribution < 1.29 is 4.74 Å². The number of ether oxygens (including phenoxy) is 1. The molecular formula is C12H14BrN3O. The Balaban J connectivity index is 2.11. The van der Waals surface area contributed by atoms with Gasteiger partial charge in [-0.25, -0.2) is 4.68 Å². The van der Waals surface area contributed by atoms with Gasteiger partial charge in [-0.2, -0.15) is 5.10 Å². The quantitative estimate of drug-likeness (QED) is 0.942. The van der Waals surface area contributed by atoms with E-state index in [1.54, 1.807) is 18.0 Å². The first kappa shape index (κ1) is 12.1. The smallest absolute Gasteiger partial charge is 0.136 e. The van der Waals surface area contributed by atoms with E-state index in [2.05, 4.69) is 33.2 Å². The molecule has 0 unspecified atom stereocenters. The van der Waals surface area contributed by atoms with Crippen LogP contribution in [0, 0.1) is 0 Å². The molecule has 90 valence electrons. The lowest BCUT2D eigenvalue weighted by molar-refractivity contribution is 0.185. The van der Waals surface area contributed by atoms with Crippen LogP contribution in [0.25, 0.3) is 0 Å². The molecule has 2 rings (SSSR count). The molecule has 2 aromatic rings. The van der Waals surface area contributed by atoms with Gasteiger partial charge in [0.05, 0.1) is 23.8 Å². The van der Waals surface area contributed by atoms with Gasteiger partial charge in [-0.15, -0.1) is 0 Å². The minimum atomic E-state index is 0.635. The Bertz CT molecular complexity index is 493. The molecule has 0 atom stereocenters. The molecule has 0 saturated carbocycles. The molecule has 0 aliphatic rings. The van der Waals surface area contributed by atoms with Crippen LogP contribution < -0.4 is 5.73 Å². The van der Waals surface area contributed by atoms with Crippen molar-refractivity contribution in [3.63, 3.8) is 0 Å². The van der Waals surface area contributed by atoms with Crippen molar-refractivity contribution in [3.05, 3.63) is 46.1 Å². The molecule has 0 radical (unpaired) electrons. The number of benzene rings is 1. The lowest BCUT2D eigenvalue weighted by atomic mass is 10.1. The van der Waals surface area contributed by atoms with E-state index in [4.69, 9.17) is 10.5 Å². The molecule has 17 heavy (non-hydrogen) atoms. The van der Waals surface area contributed by atoms with Crippen molar-refractivity contribution in [2.24, 2.45) is 0 Å². The van der Waals surface area contributed by atoms with Crippen molar-refractivity contribution in [3.8, 4) is 0 Å². The van der Waals surface area contributed by atoms with Gasteiger partial charge in [-0.3, -0.25) is 0 Å². The Morgan fingerprint density at radius 3 is 2.47 bits per heavy atom. The minimum Gasteiger partial charge on any atom is -0.383 e. The first-order valence-corrected chi connectivity index (χ1v) is 6.03. The van der Waals surface area contributed by atoms with Crippen LogP contribution in [0.4, 0.5) is 5.82 Å². The Hall–Kier alpha value is -1.33. The van der Waals surface area contributed by atoms with Gasteiger partial charge >= 0.3 is 0 Å². The first-order chi connectivity index (χ1) is 8.20. The Morgan fingerprint density at radius 1 is 1.29 bits per heavy atom. The van der Waals surface area contributed by atoms with E-state index in [-0.39, 0.29) is 0 Å². The Morgan fingerprint density at radius 2 is 1.94 bits per heavy atom. The van der Waals surface area contributed by atoms with Crippen molar-refractivity contribution in [2.75, 3.05) is 12.8 Å². The molecule has 2 N–H and O–H groups in total. The molecule has 1 heterocycles. The zero-order chi connectivity index (χ0) is 12.3. The van der Waals surface area contributed by atoms with Gasteiger partial charge in [-0.05, 0) is 27.1 Å². The second kappa shape index (κ2) is 5.33. The maximum Gasteiger partial charge on any atom is 0.136 e. The summed E-state index contributed by atoms with van der Waals surface area (Å²) in [5.41, 5.74) is 8.18. The Labute approximate surface area is 109 Å². The molecule has 1 aromatic heterocycles. The zero-order valence-electron chi connectivity index (χ0n) is 9.56. The lowest BCUT2D eigenvalue weighted by Gasteiger charge is -2.06. The van der Waals surface area contributed by atoms with E-state index in [9.17, 15) is 0 Å². The average Bonchev–Trinajstić information content (AvgIpc) is 2.64. The lowest BCUT2D eigenvalue weighted by Crippen LogP contribution is -2.05. The molecule has 5 heteroatoms. The van der Waals surface area contributed by atoms with Crippen LogP contribution in [0.1, 0.15) is 11.1 Å². The average molecular weight is 296 g/mol. The van der Waals surface area contributed by atoms with Gasteiger partial charge < -0.3 is 10.5 Å². The van der Waals surface area contributed by atoms with E-state index >= 15 is 0 Å². The molecule has 0 aliphatic heterocycles. The topological polar surface area (TPSA) is 53.1 Å². The summed E-state index contributed by atoms with van der Waals surface area (Å²) in [6.45, 7) is 1.31. The van der Waals surface area contributed by atoms with Crippen LogP contribution >= 0.6 is 15.9 Å². The highest BCUT2D eigenvalue weighted by Crippen LogP contribution is 2.19. The number of rotatable bonds is 4. The zero-order valence-corrected chi connectivity index (χ0v) is 11.1. The predicted octanol–water partition coefficient (Wildman–Crippen LogP) is 2.42. The maximum atomic E-state index is 5.86. The summed E-state index contributed by atoms with van der Waals surface area (Å²) in [6.07, 6.45) is 1.70. The Kier molecular flexibility index (Phi) is 3.81. The molecular weight excluding hydrogens is 282 g/mol. The number of hydrogen-bond donors (Lipinski definition) is 1. The fraction of sp³-hybridized carbons (Fsp3) is 0.250. The summed E-state index contributed by atoms with van der Waals surface area (Å²) in [4.78, 5) is 0. The fourth-order valence-corrected chi connectivity index (χ4v) is 1.87. The molecule has 4 nitrogen and oxygen atoms in total. The molecule has 0 amide bonds. The van der Waals surface area contributed by atoms with Crippen molar-refractivity contribution in [1.29, 1.82) is 0 Å². The normalized spacial score (nSPS) is 10.7. The van der Waals surface area contributed by atoms with Crippen molar-refractivity contribution in [1.82, 2.24) is 9.78 Å². The maximum absolute atomic E-state index is 5.86. The standard InChI is InChI=1S/C12H14BrN3O/c1-17-8-10-4-2-9(3-5-10)7-16-12(14)11(13)6-15-16/h2-6H,7-8,14H2,1H3. The van der Waals surface area contributed by atoms with Crippen LogP contribution in [0.3, 0.4) is 0 Å². The van der Waals surface area contributed by atoms with Gasteiger partial charge in [-0.1, -0.05) is 24.3 Å².